The highest BCUT2D eigenvalue weighted by Crippen LogP contribution is 2.30. The molecule has 2 heterocycles. The first-order valence-electron chi connectivity index (χ1n) is 8.52. The van der Waals surface area contributed by atoms with Crippen molar-refractivity contribution in [2.75, 3.05) is 20.1 Å². The molecule has 130 valence electrons. The van der Waals surface area contributed by atoms with E-state index in [4.69, 9.17) is 4.52 Å². The molecule has 2 fully saturated rings. The van der Waals surface area contributed by atoms with E-state index in [2.05, 4.69) is 10.1 Å². The van der Waals surface area contributed by atoms with Gasteiger partial charge in [-0.25, -0.2) is 0 Å². The Bertz CT molecular complexity index is 624. The largest absolute Gasteiger partial charge is 0.339 e. The second-order valence-electron chi connectivity index (χ2n) is 6.69. The molecular formula is C15H26N4O3S. The summed E-state index contributed by atoms with van der Waals surface area (Å²) in [5, 5.41) is 3.82. The zero-order valence-electron chi connectivity index (χ0n) is 13.9. The molecule has 1 aromatic rings. The smallest absolute Gasteiger partial charge is 0.281 e. The van der Waals surface area contributed by atoms with Crippen molar-refractivity contribution in [3.8, 4) is 0 Å². The van der Waals surface area contributed by atoms with Crippen molar-refractivity contribution in [1.29, 1.82) is 0 Å². The van der Waals surface area contributed by atoms with Crippen LogP contribution in [0, 0.1) is 6.92 Å². The third kappa shape index (κ3) is 3.59. The van der Waals surface area contributed by atoms with Gasteiger partial charge >= 0.3 is 0 Å². The van der Waals surface area contributed by atoms with Crippen molar-refractivity contribution < 1.29 is 12.9 Å². The molecule has 0 unspecified atom stereocenters. The fourth-order valence-electron chi connectivity index (χ4n) is 3.65. The number of rotatable bonds is 4. The van der Waals surface area contributed by atoms with E-state index >= 15 is 0 Å². The van der Waals surface area contributed by atoms with Gasteiger partial charge in [0.05, 0.1) is 5.92 Å². The van der Waals surface area contributed by atoms with Crippen LogP contribution in [-0.4, -0.2) is 53.3 Å². The molecule has 3 rings (SSSR count). The third-order valence-electron chi connectivity index (χ3n) is 5.06. The van der Waals surface area contributed by atoms with Crippen LogP contribution in [0.3, 0.4) is 0 Å². The number of nitrogens with zero attached hydrogens (tertiary/aromatic N) is 4. The maximum absolute atomic E-state index is 13.0. The van der Waals surface area contributed by atoms with Gasteiger partial charge in [-0.05, 0) is 32.6 Å². The Hall–Kier alpha value is -0.990. The maximum atomic E-state index is 13.0. The number of aryl methyl sites for hydroxylation is 1. The summed E-state index contributed by atoms with van der Waals surface area (Å²) in [6.07, 6.45) is 7.10. The fraction of sp³-hybridized carbons (Fsp3) is 0.867. The average Bonchev–Trinajstić information content (AvgIpc) is 3.01. The highest BCUT2D eigenvalue weighted by Gasteiger charge is 2.37. The number of hydrogen-bond donors (Lipinski definition) is 0. The third-order valence-corrected chi connectivity index (χ3v) is 7.07. The monoisotopic (exact) mass is 342 g/mol. The van der Waals surface area contributed by atoms with E-state index in [1.807, 2.05) is 0 Å². The van der Waals surface area contributed by atoms with Gasteiger partial charge in [-0.15, -0.1) is 0 Å². The Kier molecular flexibility index (Phi) is 5.03. The van der Waals surface area contributed by atoms with Crippen LogP contribution in [0.4, 0.5) is 0 Å². The Morgan fingerprint density at radius 3 is 2.57 bits per heavy atom. The molecule has 7 nitrogen and oxygen atoms in total. The van der Waals surface area contributed by atoms with Gasteiger partial charge in [0.1, 0.15) is 0 Å². The highest BCUT2D eigenvalue weighted by atomic mass is 32.2. The van der Waals surface area contributed by atoms with Gasteiger partial charge in [0, 0.05) is 26.2 Å². The minimum atomic E-state index is -3.42. The SMILES string of the molecule is Cc1noc([C@@H]2CCCN(S(=O)(=O)N(C)C3CCCCC3)C2)n1. The van der Waals surface area contributed by atoms with E-state index in [1.165, 1.54) is 6.42 Å². The van der Waals surface area contributed by atoms with Crippen LogP contribution in [-0.2, 0) is 10.2 Å². The van der Waals surface area contributed by atoms with Crippen LogP contribution >= 0.6 is 0 Å². The van der Waals surface area contributed by atoms with E-state index in [9.17, 15) is 8.42 Å². The first-order chi connectivity index (χ1) is 11.0. The zero-order valence-corrected chi connectivity index (χ0v) is 14.8. The summed E-state index contributed by atoms with van der Waals surface area (Å²) in [7, 11) is -1.69. The van der Waals surface area contributed by atoms with Crippen molar-refractivity contribution in [2.45, 2.75) is 63.8 Å². The average molecular weight is 342 g/mol. The standard InChI is InChI=1S/C15H26N4O3S/c1-12-16-15(22-17-12)13-7-6-10-19(11-13)23(20,21)18(2)14-8-4-3-5-9-14/h13-14H,3-11H2,1-2H3/t13-/m1/s1. The molecule has 1 saturated heterocycles. The first-order valence-corrected chi connectivity index (χ1v) is 9.91. The zero-order chi connectivity index (χ0) is 16.4. The lowest BCUT2D eigenvalue weighted by Gasteiger charge is -2.37. The second kappa shape index (κ2) is 6.86. The van der Waals surface area contributed by atoms with Crippen LogP contribution < -0.4 is 0 Å². The second-order valence-corrected chi connectivity index (χ2v) is 8.68. The van der Waals surface area contributed by atoms with Crippen molar-refractivity contribution in [2.24, 2.45) is 0 Å². The number of piperidine rings is 1. The van der Waals surface area contributed by atoms with Gasteiger partial charge in [0.2, 0.25) is 5.89 Å². The summed E-state index contributed by atoms with van der Waals surface area (Å²) in [4.78, 5) is 4.27. The molecule has 1 aliphatic carbocycles. The van der Waals surface area contributed by atoms with Gasteiger partial charge in [0.15, 0.2) is 5.82 Å². The predicted octanol–water partition coefficient (Wildman–Crippen LogP) is 2.07. The van der Waals surface area contributed by atoms with E-state index < -0.39 is 10.2 Å². The Morgan fingerprint density at radius 2 is 1.91 bits per heavy atom. The predicted molar refractivity (Wildman–Crippen MR) is 86.1 cm³/mol. The molecular weight excluding hydrogens is 316 g/mol. The van der Waals surface area contributed by atoms with Gasteiger partial charge in [-0.3, -0.25) is 0 Å². The van der Waals surface area contributed by atoms with E-state index in [1.54, 1.807) is 22.6 Å². The summed E-state index contributed by atoms with van der Waals surface area (Å²) >= 11 is 0. The van der Waals surface area contributed by atoms with E-state index in [0.29, 0.717) is 24.8 Å². The summed E-state index contributed by atoms with van der Waals surface area (Å²) in [5.41, 5.74) is 0. The van der Waals surface area contributed by atoms with Crippen LogP contribution in [0.1, 0.15) is 62.6 Å². The molecule has 1 saturated carbocycles. The molecule has 23 heavy (non-hydrogen) atoms. The van der Waals surface area contributed by atoms with Crippen molar-refractivity contribution in [1.82, 2.24) is 18.8 Å². The van der Waals surface area contributed by atoms with E-state index in [-0.39, 0.29) is 12.0 Å². The minimum Gasteiger partial charge on any atom is -0.339 e. The van der Waals surface area contributed by atoms with Crippen molar-refractivity contribution >= 4 is 10.2 Å². The molecule has 0 bridgehead atoms. The lowest BCUT2D eigenvalue weighted by molar-refractivity contribution is 0.230. The van der Waals surface area contributed by atoms with Gasteiger partial charge in [-0.2, -0.15) is 22.0 Å². The lowest BCUT2D eigenvalue weighted by Crippen LogP contribution is -2.49. The molecule has 2 aliphatic rings. The van der Waals surface area contributed by atoms with Crippen LogP contribution in [0.2, 0.25) is 0 Å². The molecule has 1 aliphatic heterocycles. The summed E-state index contributed by atoms with van der Waals surface area (Å²) < 4.78 is 34.3. The highest BCUT2D eigenvalue weighted by molar-refractivity contribution is 7.86. The number of hydrogen-bond acceptors (Lipinski definition) is 5. The van der Waals surface area contributed by atoms with Crippen molar-refractivity contribution in [3.63, 3.8) is 0 Å². The maximum Gasteiger partial charge on any atom is 0.281 e. The minimum absolute atomic E-state index is 0.000481. The van der Waals surface area contributed by atoms with E-state index in [0.717, 1.165) is 38.5 Å². The van der Waals surface area contributed by atoms with Gasteiger partial charge in [-0.1, -0.05) is 24.4 Å². The van der Waals surface area contributed by atoms with Crippen LogP contribution in [0.15, 0.2) is 4.52 Å². The van der Waals surface area contributed by atoms with Gasteiger partial charge in [0.25, 0.3) is 10.2 Å². The Morgan fingerprint density at radius 1 is 1.17 bits per heavy atom. The van der Waals surface area contributed by atoms with Gasteiger partial charge < -0.3 is 4.52 Å². The molecule has 8 heteroatoms. The molecule has 0 spiro atoms. The summed E-state index contributed by atoms with van der Waals surface area (Å²) in [5.74, 6) is 1.15. The molecule has 0 N–H and O–H groups in total. The number of aromatic nitrogens is 2. The van der Waals surface area contributed by atoms with Crippen molar-refractivity contribution in [3.05, 3.63) is 11.7 Å². The Balaban J connectivity index is 1.71. The summed E-state index contributed by atoms with van der Waals surface area (Å²) in [6.45, 7) is 2.78. The normalized spacial score (nSPS) is 25.1. The van der Waals surface area contributed by atoms with Crippen LogP contribution in [0.25, 0.3) is 0 Å². The molecule has 0 aromatic carbocycles. The van der Waals surface area contributed by atoms with Crippen LogP contribution in [0.5, 0.6) is 0 Å². The quantitative estimate of drug-likeness (QED) is 0.837. The lowest BCUT2D eigenvalue weighted by atomic mass is 9.96. The molecule has 1 aromatic heterocycles. The molecule has 0 amide bonds. The fourth-order valence-corrected chi connectivity index (χ4v) is 5.33. The summed E-state index contributed by atoms with van der Waals surface area (Å²) in [6, 6.07) is 0.139. The Labute approximate surface area is 138 Å². The molecule has 0 radical (unpaired) electrons. The molecule has 1 atom stereocenters. The first kappa shape index (κ1) is 16.9. The topological polar surface area (TPSA) is 79.5 Å².